The molecule has 1 aromatic carbocycles. The quantitative estimate of drug-likeness (QED) is 0.326. The number of aliphatic hydroxyl groups is 2. The molecule has 0 spiro atoms. The predicted octanol–water partition coefficient (Wildman–Crippen LogP) is -2.54. The van der Waals surface area contributed by atoms with Gasteiger partial charge in [-0.25, -0.2) is 4.18 Å². The Kier molecular flexibility index (Phi) is 7.54. The number of hydrogen-bond acceptors (Lipinski definition) is 10. The first-order valence-electron chi connectivity index (χ1n) is 8.09. The minimum Gasteiger partial charge on any atom is -0.497 e. The summed E-state index contributed by atoms with van der Waals surface area (Å²) < 4.78 is 48.0. The zero-order valence-corrected chi connectivity index (χ0v) is 16.0. The SMILES string of the molecule is COc1ccc(OC2OC(CO)C(OS(=O)(=O)O[NH3+])C(O)C2NC(C)=O)cc1. The molecule has 6 N–H and O–H groups in total. The Labute approximate surface area is 161 Å². The Morgan fingerprint density at radius 3 is 2.39 bits per heavy atom. The molecule has 1 aliphatic heterocycles. The molecule has 5 atom stereocenters. The second-order valence-electron chi connectivity index (χ2n) is 5.82. The highest BCUT2D eigenvalue weighted by Crippen LogP contribution is 2.28. The fraction of sp³-hybridized carbons (Fsp3) is 0.533. The summed E-state index contributed by atoms with van der Waals surface area (Å²) in [5, 5.41) is 22.6. The van der Waals surface area contributed by atoms with Crippen LogP contribution < -0.4 is 20.7 Å². The van der Waals surface area contributed by atoms with E-state index in [9.17, 15) is 23.4 Å². The molecule has 1 aliphatic rings. The Balaban J connectivity index is 2.27. The lowest BCUT2D eigenvalue weighted by Gasteiger charge is -2.43. The molecule has 5 unspecified atom stereocenters. The first-order chi connectivity index (χ1) is 13.2. The molecule has 12 nitrogen and oxygen atoms in total. The van der Waals surface area contributed by atoms with Crippen molar-refractivity contribution in [3.8, 4) is 11.5 Å². The molecule has 1 saturated heterocycles. The summed E-state index contributed by atoms with van der Waals surface area (Å²) in [4.78, 5) is 11.5. The Morgan fingerprint density at radius 1 is 1.29 bits per heavy atom. The van der Waals surface area contributed by atoms with Crippen LogP contribution in [0.4, 0.5) is 0 Å². The van der Waals surface area contributed by atoms with Crippen molar-refractivity contribution in [2.45, 2.75) is 37.6 Å². The van der Waals surface area contributed by atoms with Gasteiger partial charge in [-0.2, -0.15) is 14.3 Å². The van der Waals surface area contributed by atoms with E-state index in [0.717, 1.165) is 0 Å². The lowest BCUT2D eigenvalue weighted by Crippen LogP contribution is -2.66. The van der Waals surface area contributed by atoms with Gasteiger partial charge >= 0.3 is 10.4 Å². The molecule has 28 heavy (non-hydrogen) atoms. The number of carbonyl (C=O) groups is 1. The zero-order valence-electron chi connectivity index (χ0n) is 15.2. The third-order valence-corrected chi connectivity index (χ3v) is 4.65. The summed E-state index contributed by atoms with van der Waals surface area (Å²) in [5.41, 5.74) is 0. The van der Waals surface area contributed by atoms with E-state index in [1.54, 1.807) is 24.3 Å². The highest BCUT2D eigenvalue weighted by molar-refractivity contribution is 7.81. The fourth-order valence-corrected chi connectivity index (χ4v) is 3.19. The normalized spacial score (nSPS) is 27.8. The molecule has 2 rings (SSSR count). The van der Waals surface area contributed by atoms with Gasteiger partial charge in [0.2, 0.25) is 12.2 Å². The average molecular weight is 423 g/mol. The van der Waals surface area contributed by atoms with E-state index >= 15 is 0 Å². The summed E-state index contributed by atoms with van der Waals surface area (Å²) >= 11 is 0. The van der Waals surface area contributed by atoms with Gasteiger partial charge in [-0.1, -0.05) is 4.28 Å². The molecule has 158 valence electrons. The van der Waals surface area contributed by atoms with E-state index in [1.807, 2.05) is 0 Å². The third-order valence-electron chi connectivity index (χ3n) is 3.91. The van der Waals surface area contributed by atoms with Crippen LogP contribution in [-0.2, 0) is 28.4 Å². The molecule has 1 fully saturated rings. The maximum Gasteiger partial charge on any atom is 0.444 e. The highest BCUT2D eigenvalue weighted by Gasteiger charge is 2.49. The number of carbonyl (C=O) groups excluding carboxylic acids is 1. The number of nitrogens with one attached hydrogen (secondary N) is 1. The van der Waals surface area contributed by atoms with Gasteiger partial charge in [0.25, 0.3) is 0 Å². The van der Waals surface area contributed by atoms with Crippen LogP contribution in [-0.4, -0.2) is 68.9 Å². The van der Waals surface area contributed by atoms with Gasteiger partial charge in [0.15, 0.2) is 0 Å². The molecule has 0 bridgehead atoms. The van der Waals surface area contributed by atoms with Crippen LogP contribution in [0.3, 0.4) is 0 Å². The van der Waals surface area contributed by atoms with Gasteiger partial charge in [-0.05, 0) is 24.3 Å². The third kappa shape index (κ3) is 5.51. The van der Waals surface area contributed by atoms with Crippen molar-refractivity contribution in [2.24, 2.45) is 0 Å². The van der Waals surface area contributed by atoms with Crippen molar-refractivity contribution in [1.29, 1.82) is 0 Å². The van der Waals surface area contributed by atoms with Crippen LogP contribution in [0, 0.1) is 0 Å². The topological polar surface area (TPSA) is 177 Å². The van der Waals surface area contributed by atoms with E-state index in [1.165, 1.54) is 14.0 Å². The molecule has 0 radical (unpaired) electrons. The average Bonchev–Trinajstić information content (AvgIpc) is 2.67. The molecule has 0 aliphatic carbocycles. The van der Waals surface area contributed by atoms with Crippen LogP contribution in [0.5, 0.6) is 11.5 Å². The predicted molar refractivity (Wildman–Crippen MR) is 90.7 cm³/mol. The smallest absolute Gasteiger partial charge is 0.444 e. The number of hydrogen-bond donors (Lipinski definition) is 4. The van der Waals surface area contributed by atoms with E-state index < -0.39 is 53.6 Å². The van der Waals surface area contributed by atoms with Crippen LogP contribution in [0.25, 0.3) is 0 Å². The first-order valence-corrected chi connectivity index (χ1v) is 9.43. The largest absolute Gasteiger partial charge is 0.497 e. The van der Waals surface area contributed by atoms with Gasteiger partial charge in [0, 0.05) is 6.92 Å². The monoisotopic (exact) mass is 423 g/mol. The number of rotatable bonds is 8. The van der Waals surface area contributed by atoms with Gasteiger partial charge in [-0.15, -0.1) is 0 Å². The Hall–Kier alpha value is -2.00. The number of amides is 1. The van der Waals surface area contributed by atoms with Crippen molar-refractivity contribution in [1.82, 2.24) is 5.32 Å². The summed E-state index contributed by atoms with van der Waals surface area (Å²) in [6.45, 7) is 0.491. The van der Waals surface area contributed by atoms with Crippen molar-refractivity contribution in [3.05, 3.63) is 24.3 Å². The van der Waals surface area contributed by atoms with E-state index in [-0.39, 0.29) is 0 Å². The van der Waals surface area contributed by atoms with Crippen LogP contribution >= 0.6 is 0 Å². The van der Waals surface area contributed by atoms with Gasteiger partial charge < -0.3 is 29.7 Å². The number of methoxy groups -OCH3 is 1. The summed E-state index contributed by atoms with van der Waals surface area (Å²) in [6.07, 6.45) is -5.76. The maximum atomic E-state index is 11.6. The number of quaternary nitrogens is 1. The van der Waals surface area contributed by atoms with Gasteiger partial charge in [0.1, 0.15) is 35.9 Å². The summed E-state index contributed by atoms with van der Waals surface area (Å²) in [5.74, 6) is 3.11. The van der Waals surface area contributed by atoms with Crippen molar-refractivity contribution in [2.75, 3.05) is 13.7 Å². The zero-order chi connectivity index (χ0) is 20.9. The first kappa shape index (κ1) is 22.3. The summed E-state index contributed by atoms with van der Waals surface area (Å²) in [7, 11) is -3.06. The highest BCUT2D eigenvalue weighted by atomic mass is 32.3. The number of benzene rings is 1. The van der Waals surface area contributed by atoms with E-state index in [2.05, 4.69) is 15.5 Å². The Bertz CT molecular complexity index is 757. The van der Waals surface area contributed by atoms with Crippen molar-refractivity contribution < 1.29 is 52.0 Å². The lowest BCUT2D eigenvalue weighted by atomic mass is 9.97. The maximum absolute atomic E-state index is 11.6. The Morgan fingerprint density at radius 2 is 1.89 bits per heavy atom. The molecule has 13 heteroatoms. The molecule has 0 saturated carbocycles. The second-order valence-corrected chi connectivity index (χ2v) is 7.07. The molecular weight excluding hydrogens is 400 g/mol. The molecule has 0 aromatic heterocycles. The van der Waals surface area contributed by atoms with Gasteiger partial charge in [0.05, 0.1) is 13.7 Å². The number of ether oxygens (including phenoxy) is 3. The fourth-order valence-electron chi connectivity index (χ4n) is 2.63. The molecule has 1 amide bonds. The lowest BCUT2D eigenvalue weighted by molar-refractivity contribution is -0.637. The van der Waals surface area contributed by atoms with Crippen LogP contribution in [0.1, 0.15) is 6.92 Å². The second kappa shape index (κ2) is 9.47. The van der Waals surface area contributed by atoms with E-state index in [0.29, 0.717) is 11.5 Å². The van der Waals surface area contributed by atoms with Crippen molar-refractivity contribution in [3.63, 3.8) is 0 Å². The van der Waals surface area contributed by atoms with Crippen LogP contribution in [0.2, 0.25) is 0 Å². The van der Waals surface area contributed by atoms with Gasteiger partial charge in [-0.3, -0.25) is 4.79 Å². The number of aliphatic hydroxyl groups excluding tert-OH is 2. The molecular formula is C15H23N2O10S+. The van der Waals surface area contributed by atoms with Crippen LogP contribution in [0.15, 0.2) is 24.3 Å². The molecule has 1 aromatic rings. The minimum atomic E-state index is -4.56. The standard InChI is InChI=1S/C15H22N2O10S/c1-8(19)17-12-13(20)14(26-28(21,22)27-16)11(7-18)25-15(12)24-10-5-3-9(23-2)4-6-10/h3-6,11-15,18,20H,7H2,1-2,16H3/p+1. The molecule has 1 heterocycles. The summed E-state index contributed by atoms with van der Waals surface area (Å²) in [6, 6.07) is 5.16. The van der Waals surface area contributed by atoms with Crippen molar-refractivity contribution >= 4 is 16.3 Å². The minimum absolute atomic E-state index is 0.318. The van der Waals surface area contributed by atoms with E-state index in [4.69, 9.17) is 18.4 Å².